The first-order chi connectivity index (χ1) is 8.68. The summed E-state index contributed by atoms with van der Waals surface area (Å²) >= 11 is 0. The van der Waals surface area contributed by atoms with E-state index in [2.05, 4.69) is 5.32 Å². The lowest BCUT2D eigenvalue weighted by Gasteiger charge is -2.38. The van der Waals surface area contributed by atoms with Gasteiger partial charge in [0, 0.05) is 6.54 Å². The van der Waals surface area contributed by atoms with Gasteiger partial charge in [-0.2, -0.15) is 0 Å². The third kappa shape index (κ3) is 3.20. The minimum Gasteiger partial charge on any atom is -0.481 e. The number of nitrogens with one attached hydrogen (secondary N) is 1. The molecule has 2 N–H and O–H groups in total. The molecule has 18 heavy (non-hydrogen) atoms. The van der Waals surface area contributed by atoms with Crippen LogP contribution in [-0.4, -0.2) is 60.3 Å². The fourth-order valence-corrected chi connectivity index (χ4v) is 2.58. The average Bonchev–Trinajstić information content (AvgIpc) is 2.39. The SMILES string of the molecule is O=C(O)CC1COCCN1C(=O)C1CCCCN1. The van der Waals surface area contributed by atoms with Crippen LogP contribution in [0.25, 0.3) is 0 Å². The summed E-state index contributed by atoms with van der Waals surface area (Å²) in [5, 5.41) is 12.1. The molecule has 102 valence electrons. The standard InChI is InChI=1S/C12H20N2O4/c15-11(16)7-9-8-18-6-5-14(9)12(17)10-3-1-2-4-13-10/h9-10,13H,1-8H2,(H,15,16). The van der Waals surface area contributed by atoms with Gasteiger partial charge >= 0.3 is 5.97 Å². The number of carboxylic acid groups (broad SMARTS) is 1. The summed E-state index contributed by atoms with van der Waals surface area (Å²) < 4.78 is 5.27. The van der Waals surface area contributed by atoms with Crippen molar-refractivity contribution in [3.8, 4) is 0 Å². The van der Waals surface area contributed by atoms with Crippen LogP contribution >= 0.6 is 0 Å². The zero-order chi connectivity index (χ0) is 13.0. The van der Waals surface area contributed by atoms with Crippen LogP contribution in [0.15, 0.2) is 0 Å². The van der Waals surface area contributed by atoms with Gasteiger partial charge in [0.1, 0.15) is 0 Å². The number of amides is 1. The van der Waals surface area contributed by atoms with Gasteiger partial charge in [-0.15, -0.1) is 0 Å². The van der Waals surface area contributed by atoms with Gasteiger partial charge in [0.2, 0.25) is 5.91 Å². The molecular formula is C12H20N2O4. The van der Waals surface area contributed by atoms with Gasteiger partial charge in [0.25, 0.3) is 0 Å². The first-order valence-electron chi connectivity index (χ1n) is 6.52. The lowest BCUT2D eigenvalue weighted by molar-refractivity contribution is -0.148. The van der Waals surface area contributed by atoms with E-state index in [0.29, 0.717) is 19.8 Å². The van der Waals surface area contributed by atoms with E-state index < -0.39 is 5.97 Å². The van der Waals surface area contributed by atoms with Crippen LogP contribution in [0.2, 0.25) is 0 Å². The molecule has 0 aliphatic carbocycles. The fourth-order valence-electron chi connectivity index (χ4n) is 2.58. The smallest absolute Gasteiger partial charge is 0.305 e. The zero-order valence-corrected chi connectivity index (χ0v) is 10.4. The van der Waals surface area contributed by atoms with E-state index in [1.807, 2.05) is 0 Å². The quantitative estimate of drug-likeness (QED) is 0.733. The molecule has 1 amide bonds. The summed E-state index contributed by atoms with van der Waals surface area (Å²) in [7, 11) is 0. The fraction of sp³-hybridized carbons (Fsp3) is 0.833. The van der Waals surface area contributed by atoms with Gasteiger partial charge in [-0.25, -0.2) is 0 Å². The Morgan fingerprint density at radius 3 is 2.89 bits per heavy atom. The van der Waals surface area contributed by atoms with E-state index >= 15 is 0 Å². The second-order valence-electron chi connectivity index (χ2n) is 4.86. The van der Waals surface area contributed by atoms with E-state index in [1.165, 1.54) is 0 Å². The zero-order valence-electron chi connectivity index (χ0n) is 10.4. The molecule has 0 radical (unpaired) electrons. The predicted molar refractivity (Wildman–Crippen MR) is 64.2 cm³/mol. The molecule has 6 heteroatoms. The van der Waals surface area contributed by atoms with Crippen molar-refractivity contribution < 1.29 is 19.4 Å². The molecule has 0 saturated carbocycles. The third-order valence-corrected chi connectivity index (χ3v) is 3.53. The van der Waals surface area contributed by atoms with Gasteiger partial charge in [-0.1, -0.05) is 6.42 Å². The molecule has 2 aliphatic rings. The van der Waals surface area contributed by atoms with Crippen molar-refractivity contribution in [2.75, 3.05) is 26.3 Å². The van der Waals surface area contributed by atoms with Gasteiger partial charge in [-0.05, 0) is 19.4 Å². The van der Waals surface area contributed by atoms with Crippen LogP contribution in [0.4, 0.5) is 0 Å². The summed E-state index contributed by atoms with van der Waals surface area (Å²) in [5.74, 6) is -0.857. The number of carbonyl (C=O) groups is 2. The largest absolute Gasteiger partial charge is 0.481 e. The maximum absolute atomic E-state index is 12.4. The Kier molecular flexibility index (Phi) is 4.54. The van der Waals surface area contributed by atoms with Crippen molar-refractivity contribution in [1.82, 2.24) is 10.2 Å². The molecule has 2 fully saturated rings. The topological polar surface area (TPSA) is 78.9 Å². The Balaban J connectivity index is 1.98. The van der Waals surface area contributed by atoms with E-state index in [1.54, 1.807) is 4.90 Å². The second-order valence-corrected chi connectivity index (χ2v) is 4.86. The first-order valence-corrected chi connectivity index (χ1v) is 6.52. The van der Waals surface area contributed by atoms with Crippen molar-refractivity contribution in [3.63, 3.8) is 0 Å². The predicted octanol–water partition coefficient (Wildman–Crippen LogP) is -0.169. The van der Waals surface area contributed by atoms with Crippen LogP contribution in [0, 0.1) is 0 Å². The summed E-state index contributed by atoms with van der Waals surface area (Å²) in [5.41, 5.74) is 0. The van der Waals surface area contributed by atoms with Crippen molar-refractivity contribution in [1.29, 1.82) is 0 Å². The van der Waals surface area contributed by atoms with Gasteiger partial charge in [-0.3, -0.25) is 9.59 Å². The molecular weight excluding hydrogens is 236 g/mol. The van der Waals surface area contributed by atoms with Crippen molar-refractivity contribution in [2.24, 2.45) is 0 Å². The maximum atomic E-state index is 12.4. The number of aliphatic carboxylic acids is 1. The van der Waals surface area contributed by atoms with Crippen LogP contribution in [0.3, 0.4) is 0 Å². The van der Waals surface area contributed by atoms with Crippen LogP contribution in [0.1, 0.15) is 25.7 Å². The summed E-state index contributed by atoms with van der Waals surface area (Å²) in [4.78, 5) is 24.8. The monoisotopic (exact) mass is 256 g/mol. The molecule has 2 heterocycles. The summed E-state index contributed by atoms with van der Waals surface area (Å²) in [6, 6.07) is -0.472. The van der Waals surface area contributed by atoms with Crippen LogP contribution in [-0.2, 0) is 14.3 Å². The van der Waals surface area contributed by atoms with Crippen molar-refractivity contribution in [2.45, 2.75) is 37.8 Å². The number of morpholine rings is 1. The highest BCUT2D eigenvalue weighted by atomic mass is 16.5. The number of piperidine rings is 1. The van der Waals surface area contributed by atoms with E-state index in [9.17, 15) is 9.59 Å². The van der Waals surface area contributed by atoms with E-state index in [-0.39, 0.29) is 24.4 Å². The lowest BCUT2D eigenvalue weighted by Crippen LogP contribution is -2.56. The normalized spacial score (nSPS) is 29.0. The molecule has 2 atom stereocenters. The molecule has 0 aromatic rings. The average molecular weight is 256 g/mol. The number of hydrogen-bond donors (Lipinski definition) is 2. The number of carboxylic acids is 1. The number of nitrogens with zero attached hydrogens (tertiary/aromatic N) is 1. The highest BCUT2D eigenvalue weighted by Crippen LogP contribution is 2.16. The lowest BCUT2D eigenvalue weighted by atomic mass is 10.0. The van der Waals surface area contributed by atoms with Crippen molar-refractivity contribution in [3.05, 3.63) is 0 Å². The highest BCUT2D eigenvalue weighted by molar-refractivity contribution is 5.83. The molecule has 2 rings (SSSR count). The number of carbonyl (C=O) groups excluding carboxylic acids is 1. The van der Waals surface area contributed by atoms with Gasteiger partial charge in [0.15, 0.2) is 0 Å². The summed E-state index contributed by atoms with van der Waals surface area (Å²) in [6.07, 6.45) is 2.96. The molecule has 0 aromatic carbocycles. The number of hydrogen-bond acceptors (Lipinski definition) is 4. The molecule has 2 unspecified atom stereocenters. The Hall–Kier alpha value is -1.14. The maximum Gasteiger partial charge on any atom is 0.305 e. The molecule has 0 spiro atoms. The minimum atomic E-state index is -0.889. The number of ether oxygens (including phenoxy) is 1. The molecule has 2 aliphatic heterocycles. The first kappa shape index (κ1) is 13.3. The van der Waals surface area contributed by atoms with Crippen LogP contribution in [0.5, 0.6) is 0 Å². The Morgan fingerprint density at radius 2 is 2.22 bits per heavy atom. The molecule has 6 nitrogen and oxygen atoms in total. The number of rotatable bonds is 3. The van der Waals surface area contributed by atoms with E-state index in [0.717, 1.165) is 25.8 Å². The molecule has 0 aromatic heterocycles. The van der Waals surface area contributed by atoms with Gasteiger partial charge in [0.05, 0.1) is 31.7 Å². The Morgan fingerprint density at radius 1 is 1.39 bits per heavy atom. The Bertz CT molecular complexity index is 315. The van der Waals surface area contributed by atoms with E-state index in [4.69, 9.17) is 9.84 Å². The minimum absolute atomic E-state index is 0.0317. The summed E-state index contributed by atoms with van der Waals surface area (Å²) in [6.45, 7) is 2.18. The Labute approximate surface area is 106 Å². The third-order valence-electron chi connectivity index (χ3n) is 3.53. The van der Waals surface area contributed by atoms with Crippen LogP contribution < -0.4 is 5.32 Å². The van der Waals surface area contributed by atoms with Gasteiger partial charge < -0.3 is 20.1 Å². The second kappa shape index (κ2) is 6.15. The van der Waals surface area contributed by atoms with Crippen molar-refractivity contribution >= 4 is 11.9 Å². The molecule has 0 bridgehead atoms. The molecule has 2 saturated heterocycles. The highest BCUT2D eigenvalue weighted by Gasteiger charge is 2.33.